The molecule has 0 bridgehead atoms. The Labute approximate surface area is 170 Å². The maximum absolute atomic E-state index is 13.3. The molecule has 3 heterocycles. The average Bonchev–Trinajstić information content (AvgIpc) is 3.19. The fourth-order valence-electron chi connectivity index (χ4n) is 2.95. The second-order valence-electron chi connectivity index (χ2n) is 5.79. The molecular formula is C18H16Cl2F3N5. The zero-order valence-electron chi connectivity index (χ0n) is 14.3. The van der Waals surface area contributed by atoms with Crippen molar-refractivity contribution in [3.05, 3.63) is 60.8 Å². The molecule has 10 heteroatoms. The van der Waals surface area contributed by atoms with Crippen LogP contribution in [0.3, 0.4) is 0 Å². The Kier molecular flexibility index (Phi) is 6.58. The normalized spacial score (nSPS) is 10.7. The fraction of sp³-hybridized carbons (Fsp3) is 0.111. The van der Waals surface area contributed by atoms with Gasteiger partial charge in [0.1, 0.15) is 11.5 Å². The van der Waals surface area contributed by atoms with Crippen LogP contribution in [0, 0.1) is 5.82 Å². The maximum atomic E-state index is 13.3. The van der Waals surface area contributed by atoms with E-state index in [0.717, 1.165) is 5.65 Å². The third kappa shape index (κ3) is 3.93. The highest BCUT2D eigenvalue weighted by molar-refractivity contribution is 5.85. The molecule has 28 heavy (non-hydrogen) atoms. The van der Waals surface area contributed by atoms with Gasteiger partial charge in [-0.1, -0.05) is 0 Å². The van der Waals surface area contributed by atoms with Gasteiger partial charge in [0, 0.05) is 29.7 Å². The minimum atomic E-state index is -2.59. The summed E-state index contributed by atoms with van der Waals surface area (Å²) in [6, 6.07) is 9.22. The van der Waals surface area contributed by atoms with Crippen molar-refractivity contribution in [3.8, 4) is 22.5 Å². The van der Waals surface area contributed by atoms with Gasteiger partial charge in [0.2, 0.25) is 5.95 Å². The summed E-state index contributed by atoms with van der Waals surface area (Å²) in [5.41, 5.74) is 8.75. The van der Waals surface area contributed by atoms with E-state index in [2.05, 4.69) is 9.97 Å². The largest absolute Gasteiger partial charge is 0.369 e. The number of nitrogen functional groups attached to an aromatic ring is 1. The second kappa shape index (κ2) is 8.53. The zero-order chi connectivity index (χ0) is 18.3. The Bertz CT molecular complexity index is 1080. The molecule has 5 nitrogen and oxygen atoms in total. The van der Waals surface area contributed by atoms with Crippen molar-refractivity contribution in [2.24, 2.45) is 0 Å². The van der Waals surface area contributed by atoms with Crippen LogP contribution >= 0.6 is 24.8 Å². The maximum Gasteiger partial charge on any atom is 0.256 e. The Morgan fingerprint density at radius 1 is 1.00 bits per heavy atom. The summed E-state index contributed by atoms with van der Waals surface area (Å²) >= 11 is 0. The van der Waals surface area contributed by atoms with Crippen molar-refractivity contribution in [1.29, 1.82) is 0 Å². The number of aromatic nitrogens is 4. The fourth-order valence-corrected chi connectivity index (χ4v) is 2.95. The molecular weight excluding hydrogens is 414 g/mol. The lowest BCUT2D eigenvalue weighted by atomic mass is 10.1. The molecule has 0 spiro atoms. The van der Waals surface area contributed by atoms with E-state index < -0.39 is 18.8 Å². The molecule has 1 aromatic carbocycles. The Balaban J connectivity index is 0.00000140. The lowest BCUT2D eigenvalue weighted by Crippen LogP contribution is -2.11. The van der Waals surface area contributed by atoms with Gasteiger partial charge in [0.25, 0.3) is 6.43 Å². The Morgan fingerprint density at radius 3 is 2.36 bits per heavy atom. The van der Waals surface area contributed by atoms with E-state index in [0.29, 0.717) is 22.5 Å². The summed E-state index contributed by atoms with van der Waals surface area (Å²) in [4.78, 5) is 8.44. The topological polar surface area (TPSA) is 61.1 Å². The van der Waals surface area contributed by atoms with Crippen molar-refractivity contribution in [3.63, 3.8) is 0 Å². The van der Waals surface area contributed by atoms with Gasteiger partial charge in [-0.2, -0.15) is 0 Å². The van der Waals surface area contributed by atoms with Crippen LogP contribution < -0.4 is 5.73 Å². The van der Waals surface area contributed by atoms with Crippen molar-refractivity contribution < 1.29 is 13.2 Å². The average molecular weight is 430 g/mol. The molecule has 0 radical (unpaired) electrons. The molecule has 0 aliphatic carbocycles. The predicted molar refractivity (Wildman–Crippen MR) is 107 cm³/mol. The minimum absolute atomic E-state index is 0. The smallest absolute Gasteiger partial charge is 0.256 e. The summed E-state index contributed by atoms with van der Waals surface area (Å²) in [7, 11) is 0. The highest BCUT2D eigenvalue weighted by atomic mass is 35.5. The van der Waals surface area contributed by atoms with Gasteiger partial charge < -0.3 is 14.7 Å². The van der Waals surface area contributed by atoms with Crippen LogP contribution in [0.1, 0.15) is 0 Å². The highest BCUT2D eigenvalue weighted by Crippen LogP contribution is 2.34. The summed E-state index contributed by atoms with van der Waals surface area (Å²) in [6.07, 6.45) is 2.58. The molecule has 2 N–H and O–H groups in total. The summed E-state index contributed by atoms with van der Waals surface area (Å²) in [5, 5.41) is 0. The van der Waals surface area contributed by atoms with E-state index in [9.17, 15) is 13.2 Å². The third-order valence-electron chi connectivity index (χ3n) is 4.10. The lowest BCUT2D eigenvalue weighted by Gasteiger charge is -2.11. The van der Waals surface area contributed by atoms with Crippen LogP contribution in [0.5, 0.6) is 0 Å². The molecule has 4 aromatic rings. The number of halogens is 5. The number of benzene rings is 1. The lowest BCUT2D eigenvalue weighted by molar-refractivity contribution is 0.128. The highest BCUT2D eigenvalue weighted by Gasteiger charge is 2.21. The van der Waals surface area contributed by atoms with Crippen LogP contribution in [0.25, 0.3) is 28.2 Å². The van der Waals surface area contributed by atoms with Gasteiger partial charge in [-0.15, -0.1) is 24.8 Å². The molecule has 0 saturated carbocycles. The van der Waals surface area contributed by atoms with Gasteiger partial charge in [0.15, 0.2) is 0 Å². The Morgan fingerprint density at radius 2 is 1.68 bits per heavy atom. The second-order valence-corrected chi connectivity index (χ2v) is 5.79. The predicted octanol–water partition coefficient (Wildman–Crippen LogP) is 4.69. The number of alkyl halides is 2. The van der Waals surface area contributed by atoms with Crippen LogP contribution in [0.4, 0.5) is 19.1 Å². The van der Waals surface area contributed by atoms with Gasteiger partial charge in [0.05, 0.1) is 17.9 Å². The quantitative estimate of drug-likeness (QED) is 0.511. The molecule has 0 atom stereocenters. The molecule has 0 unspecified atom stereocenters. The first-order valence-corrected chi connectivity index (χ1v) is 7.86. The number of nitrogens with two attached hydrogens (primary N) is 1. The standard InChI is InChI=1S/C18H14F3N5.2ClH/c19-13-4-1-11(2-5-13)16-17(26(10-14(20)21)18(22)24-16)12-3-6-15-23-7-8-25(15)9-12;;/h1-9,14H,10H2,(H2,22,24);2*1H. The van der Waals surface area contributed by atoms with Crippen LogP contribution in [0.15, 0.2) is 55.0 Å². The van der Waals surface area contributed by atoms with Crippen molar-refractivity contribution >= 4 is 36.4 Å². The summed E-state index contributed by atoms with van der Waals surface area (Å²) < 4.78 is 42.5. The molecule has 0 amide bonds. The molecule has 0 aliphatic heterocycles. The first-order valence-electron chi connectivity index (χ1n) is 7.86. The zero-order valence-corrected chi connectivity index (χ0v) is 15.9. The number of imidazole rings is 2. The third-order valence-corrected chi connectivity index (χ3v) is 4.10. The van der Waals surface area contributed by atoms with Gasteiger partial charge in [-0.05, 0) is 36.4 Å². The van der Waals surface area contributed by atoms with Crippen LogP contribution in [-0.2, 0) is 6.54 Å². The van der Waals surface area contributed by atoms with Crippen LogP contribution in [-0.4, -0.2) is 25.4 Å². The summed E-state index contributed by atoms with van der Waals surface area (Å²) in [5.74, 6) is -0.416. The van der Waals surface area contributed by atoms with E-state index >= 15 is 0 Å². The summed E-state index contributed by atoms with van der Waals surface area (Å²) in [6.45, 7) is -0.586. The van der Waals surface area contributed by atoms with E-state index in [-0.39, 0.29) is 30.8 Å². The number of fused-ring (bicyclic) bond motifs is 1. The van der Waals surface area contributed by atoms with Gasteiger partial charge >= 0.3 is 0 Å². The molecule has 0 saturated heterocycles. The van der Waals surface area contributed by atoms with E-state index in [1.54, 1.807) is 47.3 Å². The number of hydrogen-bond acceptors (Lipinski definition) is 3. The number of pyridine rings is 1. The number of hydrogen-bond donors (Lipinski definition) is 1. The minimum Gasteiger partial charge on any atom is -0.369 e. The molecule has 0 aliphatic rings. The SMILES string of the molecule is Cl.Cl.Nc1nc(-c2ccc(F)cc2)c(-c2ccc3nccn3c2)n1CC(F)F. The first kappa shape index (κ1) is 21.6. The van der Waals surface area contributed by atoms with E-state index in [1.807, 2.05) is 0 Å². The molecule has 3 aromatic heterocycles. The number of nitrogens with zero attached hydrogens (tertiary/aromatic N) is 4. The van der Waals surface area contributed by atoms with Crippen molar-refractivity contribution in [2.75, 3.05) is 5.73 Å². The van der Waals surface area contributed by atoms with E-state index in [1.165, 1.54) is 16.7 Å². The first-order chi connectivity index (χ1) is 12.5. The van der Waals surface area contributed by atoms with E-state index in [4.69, 9.17) is 5.73 Å². The van der Waals surface area contributed by atoms with Crippen molar-refractivity contribution in [1.82, 2.24) is 18.9 Å². The monoisotopic (exact) mass is 429 g/mol. The van der Waals surface area contributed by atoms with Gasteiger partial charge in [-0.25, -0.2) is 23.1 Å². The van der Waals surface area contributed by atoms with Crippen LogP contribution in [0.2, 0.25) is 0 Å². The van der Waals surface area contributed by atoms with Crippen molar-refractivity contribution in [2.45, 2.75) is 13.0 Å². The molecule has 4 rings (SSSR count). The van der Waals surface area contributed by atoms with Gasteiger partial charge in [-0.3, -0.25) is 0 Å². The molecule has 0 fully saturated rings. The number of anilines is 1. The molecule has 148 valence electrons. The number of rotatable bonds is 4. The Hall–Kier alpha value is -2.71.